The monoisotopic (exact) mass is 353 g/mol. The third-order valence-corrected chi connectivity index (χ3v) is 5.31. The van der Waals surface area contributed by atoms with Gasteiger partial charge in [-0.1, -0.05) is 6.92 Å². The highest BCUT2D eigenvalue weighted by atomic mass is 32.1. The lowest BCUT2D eigenvalue weighted by atomic mass is 9.88. The van der Waals surface area contributed by atoms with Gasteiger partial charge in [0.15, 0.2) is 6.54 Å². The largest absolute Gasteiger partial charge is 0.462 e. The van der Waals surface area contributed by atoms with Crippen LogP contribution >= 0.6 is 11.3 Å². The number of thiophene rings is 1. The number of carbonyl (C=O) groups is 2. The third-order valence-electron chi connectivity index (χ3n) is 4.14. The molecule has 1 aliphatic rings. The van der Waals surface area contributed by atoms with E-state index < -0.39 is 0 Å². The van der Waals surface area contributed by atoms with Gasteiger partial charge in [0.05, 0.1) is 17.7 Å². The average Bonchev–Trinajstić information content (AvgIpc) is 2.81. The number of nitrogens with one attached hydrogen (secondary N) is 1. The van der Waals surface area contributed by atoms with Crippen LogP contribution in [0.25, 0.3) is 0 Å². The van der Waals surface area contributed by atoms with E-state index in [2.05, 4.69) is 33.0 Å². The molecule has 1 aromatic rings. The normalized spacial score (nSPS) is 17.3. The first-order valence-electron chi connectivity index (χ1n) is 8.67. The van der Waals surface area contributed by atoms with Gasteiger partial charge in [0.25, 0.3) is 5.91 Å². The first-order chi connectivity index (χ1) is 11.2. The predicted molar refractivity (Wildman–Crippen MR) is 96.6 cm³/mol. The Kier molecular flexibility index (Phi) is 6.04. The maximum absolute atomic E-state index is 12.4. The molecule has 1 aromatic heterocycles. The molecule has 3 N–H and O–H groups in total. The number of hydrogen-bond donors (Lipinski definition) is 2. The minimum absolute atomic E-state index is 0.00850. The number of ether oxygens (including phenoxy) is 1. The number of nitrogens with two attached hydrogens (primary N) is 1. The summed E-state index contributed by atoms with van der Waals surface area (Å²) in [6, 6.07) is 0. The van der Waals surface area contributed by atoms with Gasteiger partial charge in [0, 0.05) is 4.88 Å². The molecule has 0 aromatic carbocycles. The quantitative estimate of drug-likeness (QED) is 0.798. The van der Waals surface area contributed by atoms with Gasteiger partial charge < -0.3 is 15.4 Å². The molecule has 0 spiro atoms. The first-order valence-corrected chi connectivity index (χ1v) is 9.48. The highest BCUT2D eigenvalue weighted by molar-refractivity contribution is 7.17. The molecule has 134 valence electrons. The van der Waals surface area contributed by atoms with Gasteiger partial charge >= 0.3 is 5.97 Å². The summed E-state index contributed by atoms with van der Waals surface area (Å²) in [4.78, 5) is 25.9. The van der Waals surface area contributed by atoms with E-state index in [9.17, 15) is 9.59 Å². The number of hydrogen-bond acceptors (Lipinski definition) is 4. The molecule has 0 saturated carbocycles. The molecule has 6 heteroatoms. The SMILES string of the molecule is CCOC(=O)c1c(NC(=O)C[NH2+]C(C)(C)C)sc2c1CC[C@@H](C)C2. The summed E-state index contributed by atoms with van der Waals surface area (Å²) in [5.41, 5.74) is 1.64. The Morgan fingerprint density at radius 3 is 2.71 bits per heavy atom. The van der Waals surface area contributed by atoms with E-state index >= 15 is 0 Å². The third kappa shape index (κ3) is 4.80. The zero-order valence-electron chi connectivity index (χ0n) is 15.3. The summed E-state index contributed by atoms with van der Waals surface area (Å²) < 4.78 is 5.22. The molecule has 0 bridgehead atoms. The van der Waals surface area contributed by atoms with E-state index in [1.165, 1.54) is 16.2 Å². The van der Waals surface area contributed by atoms with Crippen LogP contribution in [0.15, 0.2) is 0 Å². The predicted octanol–water partition coefficient (Wildman–Crippen LogP) is 2.35. The van der Waals surface area contributed by atoms with Gasteiger partial charge in [-0.15, -0.1) is 11.3 Å². The summed E-state index contributed by atoms with van der Waals surface area (Å²) in [6.07, 6.45) is 2.92. The number of fused-ring (bicyclic) bond motifs is 1. The fourth-order valence-corrected chi connectivity index (χ4v) is 4.25. The van der Waals surface area contributed by atoms with E-state index in [0.29, 0.717) is 29.6 Å². The Labute approximate surface area is 148 Å². The van der Waals surface area contributed by atoms with Gasteiger partial charge in [-0.2, -0.15) is 0 Å². The van der Waals surface area contributed by atoms with Crippen LogP contribution in [0.5, 0.6) is 0 Å². The number of esters is 1. The van der Waals surface area contributed by atoms with Crippen molar-refractivity contribution in [3.8, 4) is 0 Å². The number of carbonyl (C=O) groups excluding carboxylic acids is 2. The first kappa shape index (κ1) is 18.9. The number of anilines is 1. The van der Waals surface area contributed by atoms with Crippen molar-refractivity contribution in [2.24, 2.45) is 5.92 Å². The van der Waals surface area contributed by atoms with Crippen LogP contribution in [0.2, 0.25) is 0 Å². The summed E-state index contributed by atoms with van der Waals surface area (Å²) in [5.74, 6) is 0.214. The van der Waals surface area contributed by atoms with Crippen molar-refractivity contribution < 1.29 is 19.6 Å². The zero-order valence-corrected chi connectivity index (χ0v) is 16.1. The highest BCUT2D eigenvalue weighted by Gasteiger charge is 2.29. The fraction of sp³-hybridized carbons (Fsp3) is 0.667. The number of amides is 1. The summed E-state index contributed by atoms with van der Waals surface area (Å²) >= 11 is 1.53. The van der Waals surface area contributed by atoms with Crippen LogP contribution < -0.4 is 10.6 Å². The standard InChI is InChI=1S/C18H28N2O3S/c1-6-23-17(22)15-12-8-7-11(2)9-13(12)24-16(15)20-14(21)10-19-18(3,4)5/h11,19H,6-10H2,1-5H3,(H,20,21)/p+1/t11-/m1/s1. The molecule has 0 fully saturated rings. The molecule has 0 aliphatic heterocycles. The summed E-state index contributed by atoms with van der Waals surface area (Å²) in [6.45, 7) is 10.9. The van der Waals surface area contributed by atoms with Crippen molar-refractivity contribution >= 4 is 28.2 Å². The van der Waals surface area contributed by atoms with Crippen LogP contribution in [-0.2, 0) is 22.4 Å². The topological polar surface area (TPSA) is 72.0 Å². The van der Waals surface area contributed by atoms with E-state index in [0.717, 1.165) is 24.8 Å². The fourth-order valence-electron chi connectivity index (χ4n) is 2.83. The lowest BCUT2D eigenvalue weighted by molar-refractivity contribution is -0.707. The van der Waals surface area contributed by atoms with Crippen molar-refractivity contribution in [1.82, 2.24) is 0 Å². The lowest BCUT2D eigenvalue weighted by Gasteiger charge is -2.18. The van der Waals surface area contributed by atoms with Crippen molar-refractivity contribution in [3.63, 3.8) is 0 Å². The summed E-state index contributed by atoms with van der Waals surface area (Å²) in [7, 11) is 0. The van der Waals surface area contributed by atoms with Crippen LogP contribution in [-0.4, -0.2) is 30.6 Å². The zero-order chi connectivity index (χ0) is 17.9. The Bertz CT molecular complexity index is 617. The minimum Gasteiger partial charge on any atom is -0.462 e. The molecule has 1 amide bonds. The second-order valence-corrected chi connectivity index (χ2v) is 8.70. The highest BCUT2D eigenvalue weighted by Crippen LogP contribution is 2.40. The molecule has 1 aliphatic carbocycles. The van der Waals surface area contributed by atoms with E-state index in [1.807, 2.05) is 5.32 Å². The van der Waals surface area contributed by atoms with Gasteiger partial charge in [-0.3, -0.25) is 4.79 Å². The van der Waals surface area contributed by atoms with Crippen molar-refractivity contribution in [3.05, 3.63) is 16.0 Å². The maximum atomic E-state index is 12.4. The molecule has 0 saturated heterocycles. The van der Waals surface area contributed by atoms with Crippen LogP contribution in [0.1, 0.15) is 61.8 Å². The van der Waals surface area contributed by atoms with Gasteiger partial charge in [-0.05, 0) is 58.4 Å². The molecule has 5 nitrogen and oxygen atoms in total. The smallest absolute Gasteiger partial charge is 0.341 e. The van der Waals surface area contributed by atoms with Crippen molar-refractivity contribution in [1.29, 1.82) is 0 Å². The molecule has 24 heavy (non-hydrogen) atoms. The van der Waals surface area contributed by atoms with Gasteiger partial charge in [0.2, 0.25) is 0 Å². The average molecular weight is 354 g/mol. The van der Waals surface area contributed by atoms with Crippen molar-refractivity contribution in [2.45, 2.75) is 59.4 Å². The second-order valence-electron chi connectivity index (χ2n) is 7.60. The van der Waals surface area contributed by atoms with Crippen LogP contribution in [0.3, 0.4) is 0 Å². The van der Waals surface area contributed by atoms with Crippen LogP contribution in [0, 0.1) is 5.92 Å². The van der Waals surface area contributed by atoms with Crippen molar-refractivity contribution in [2.75, 3.05) is 18.5 Å². The Morgan fingerprint density at radius 2 is 2.08 bits per heavy atom. The second kappa shape index (κ2) is 7.66. The Hall–Kier alpha value is -1.40. The Morgan fingerprint density at radius 1 is 1.38 bits per heavy atom. The molecular weight excluding hydrogens is 324 g/mol. The molecule has 2 rings (SSSR count). The maximum Gasteiger partial charge on any atom is 0.341 e. The van der Waals surface area contributed by atoms with Gasteiger partial charge in [-0.25, -0.2) is 4.79 Å². The molecule has 0 unspecified atom stereocenters. The summed E-state index contributed by atoms with van der Waals surface area (Å²) in [5, 5.41) is 5.58. The number of rotatable bonds is 5. The van der Waals surface area contributed by atoms with Gasteiger partial charge in [0.1, 0.15) is 5.00 Å². The van der Waals surface area contributed by atoms with E-state index in [-0.39, 0.29) is 17.4 Å². The molecular formula is C18H29N2O3S+. The Balaban J connectivity index is 2.22. The van der Waals surface area contributed by atoms with E-state index in [4.69, 9.17) is 4.74 Å². The van der Waals surface area contributed by atoms with E-state index in [1.54, 1.807) is 6.92 Å². The number of quaternary nitrogens is 1. The molecule has 1 atom stereocenters. The molecule has 0 radical (unpaired) electrons. The molecule has 1 heterocycles. The lowest BCUT2D eigenvalue weighted by Crippen LogP contribution is -2.95. The minimum atomic E-state index is -0.320. The van der Waals surface area contributed by atoms with Crippen LogP contribution in [0.4, 0.5) is 5.00 Å².